The summed E-state index contributed by atoms with van der Waals surface area (Å²) in [5, 5.41) is 13.2. The topological polar surface area (TPSA) is 70.1 Å². The summed E-state index contributed by atoms with van der Waals surface area (Å²) in [6, 6.07) is 10.4. The lowest BCUT2D eigenvalue weighted by molar-refractivity contribution is -0.133. The third-order valence-electron chi connectivity index (χ3n) is 5.19. The Morgan fingerprint density at radius 2 is 2.00 bits per heavy atom. The highest BCUT2D eigenvalue weighted by Gasteiger charge is 2.32. The fraction of sp³-hybridized carbons (Fsp3) is 0.227. The van der Waals surface area contributed by atoms with E-state index >= 15 is 0 Å². The molecule has 1 aromatic heterocycles. The van der Waals surface area contributed by atoms with E-state index in [9.17, 15) is 18.0 Å². The second-order valence-corrected chi connectivity index (χ2v) is 7.25. The summed E-state index contributed by atoms with van der Waals surface area (Å²) in [5.41, 5.74) is 2.65. The molecular formula is C22H16F3N3O2. The van der Waals surface area contributed by atoms with Crippen molar-refractivity contribution in [1.82, 2.24) is 10.1 Å². The molecule has 3 aromatic rings. The number of rotatable bonds is 3. The maximum absolute atomic E-state index is 13.5. The van der Waals surface area contributed by atoms with E-state index in [2.05, 4.69) is 11.2 Å². The minimum Gasteiger partial charge on any atom is -0.356 e. The Kier molecular flexibility index (Phi) is 5.04. The molecule has 1 atom stereocenters. The van der Waals surface area contributed by atoms with Crippen molar-refractivity contribution < 1.29 is 22.5 Å². The number of carbonyl (C=O) groups excluding carboxylic acids is 1. The third kappa shape index (κ3) is 3.54. The highest BCUT2D eigenvalue weighted by molar-refractivity contribution is 5.80. The normalized spacial score (nSPS) is 15.6. The van der Waals surface area contributed by atoms with Crippen LogP contribution in [-0.4, -0.2) is 22.0 Å². The molecule has 5 nitrogen and oxygen atoms in total. The van der Waals surface area contributed by atoms with Gasteiger partial charge in [0, 0.05) is 23.6 Å². The highest BCUT2D eigenvalue weighted by atomic mass is 19.2. The van der Waals surface area contributed by atoms with Gasteiger partial charge in [-0.1, -0.05) is 17.3 Å². The van der Waals surface area contributed by atoms with E-state index in [1.54, 1.807) is 29.2 Å². The molecule has 2 heterocycles. The van der Waals surface area contributed by atoms with E-state index in [0.717, 1.165) is 23.4 Å². The van der Waals surface area contributed by atoms with Crippen molar-refractivity contribution in [2.75, 3.05) is 0 Å². The quantitative estimate of drug-likeness (QED) is 0.608. The standard InChI is InChI=1S/C22H16F3N3O2/c1-12-5-19-16(22(30-27-19)15-4-2-3-13(6-15)10-26)11-28(12)20(29)9-14-7-17(23)21(25)18(24)8-14/h2-4,6-8,12H,5,9,11H2,1H3/t12-/m0/s1. The molecule has 0 radical (unpaired) electrons. The Hall–Kier alpha value is -3.60. The second-order valence-electron chi connectivity index (χ2n) is 7.25. The van der Waals surface area contributed by atoms with Gasteiger partial charge in [-0.2, -0.15) is 5.26 Å². The number of hydrogen-bond donors (Lipinski definition) is 0. The Morgan fingerprint density at radius 1 is 1.27 bits per heavy atom. The first kappa shape index (κ1) is 19.7. The van der Waals surface area contributed by atoms with Crippen LogP contribution in [0.3, 0.4) is 0 Å². The molecule has 0 spiro atoms. The molecule has 0 fully saturated rings. The van der Waals surface area contributed by atoms with Crippen LogP contribution in [0.15, 0.2) is 40.9 Å². The summed E-state index contributed by atoms with van der Waals surface area (Å²) in [6.45, 7) is 2.05. The van der Waals surface area contributed by atoms with Gasteiger partial charge in [0.2, 0.25) is 5.91 Å². The van der Waals surface area contributed by atoms with Gasteiger partial charge in [-0.25, -0.2) is 13.2 Å². The summed E-state index contributed by atoms with van der Waals surface area (Å²) < 4.78 is 45.6. The number of halogens is 3. The molecule has 0 unspecified atom stereocenters. The fourth-order valence-corrected chi connectivity index (χ4v) is 3.66. The van der Waals surface area contributed by atoms with Crippen molar-refractivity contribution in [2.24, 2.45) is 0 Å². The van der Waals surface area contributed by atoms with Crippen LogP contribution in [0.25, 0.3) is 11.3 Å². The molecular weight excluding hydrogens is 395 g/mol. The predicted molar refractivity (Wildman–Crippen MR) is 100 cm³/mol. The number of benzene rings is 2. The first-order valence-corrected chi connectivity index (χ1v) is 9.28. The van der Waals surface area contributed by atoms with Gasteiger partial charge in [-0.15, -0.1) is 0 Å². The lowest BCUT2D eigenvalue weighted by Gasteiger charge is -2.33. The number of nitrogens with zero attached hydrogens (tertiary/aromatic N) is 3. The molecule has 4 rings (SSSR count). The van der Waals surface area contributed by atoms with Gasteiger partial charge in [0.15, 0.2) is 23.2 Å². The summed E-state index contributed by atoms with van der Waals surface area (Å²) in [7, 11) is 0. The van der Waals surface area contributed by atoms with Crippen molar-refractivity contribution in [3.63, 3.8) is 0 Å². The van der Waals surface area contributed by atoms with Crippen LogP contribution >= 0.6 is 0 Å². The molecule has 0 saturated carbocycles. The van der Waals surface area contributed by atoms with Gasteiger partial charge in [-0.05, 0) is 36.8 Å². The van der Waals surface area contributed by atoms with E-state index in [1.807, 2.05) is 6.92 Å². The number of nitriles is 1. The largest absolute Gasteiger partial charge is 0.356 e. The van der Waals surface area contributed by atoms with Gasteiger partial charge in [0.05, 0.1) is 30.3 Å². The molecule has 1 aliphatic rings. The number of fused-ring (bicyclic) bond motifs is 1. The molecule has 1 aliphatic heterocycles. The molecule has 0 bridgehead atoms. The van der Waals surface area contributed by atoms with E-state index in [-0.39, 0.29) is 30.5 Å². The van der Waals surface area contributed by atoms with Gasteiger partial charge in [-0.3, -0.25) is 4.79 Å². The van der Waals surface area contributed by atoms with E-state index in [1.165, 1.54) is 0 Å². The summed E-state index contributed by atoms with van der Waals surface area (Å²) >= 11 is 0. The fourth-order valence-electron chi connectivity index (χ4n) is 3.66. The Labute approximate surface area is 170 Å². The van der Waals surface area contributed by atoms with Crippen LogP contribution in [0.4, 0.5) is 13.2 Å². The van der Waals surface area contributed by atoms with Crippen molar-refractivity contribution in [2.45, 2.75) is 32.4 Å². The average Bonchev–Trinajstić information content (AvgIpc) is 3.14. The molecule has 2 aromatic carbocycles. The SMILES string of the molecule is C[C@H]1Cc2noc(-c3cccc(C#N)c3)c2CN1C(=O)Cc1cc(F)c(F)c(F)c1. The van der Waals surface area contributed by atoms with Crippen LogP contribution in [0, 0.1) is 28.8 Å². The van der Waals surface area contributed by atoms with Crippen LogP contribution in [-0.2, 0) is 24.2 Å². The number of hydrogen-bond acceptors (Lipinski definition) is 4. The lowest BCUT2D eigenvalue weighted by Crippen LogP contribution is -2.43. The Balaban J connectivity index is 1.61. The number of amides is 1. The van der Waals surface area contributed by atoms with Crippen LogP contribution in [0.2, 0.25) is 0 Å². The summed E-state index contributed by atoms with van der Waals surface area (Å²) in [5.74, 6) is -4.09. The first-order chi connectivity index (χ1) is 14.4. The highest BCUT2D eigenvalue weighted by Crippen LogP contribution is 2.33. The summed E-state index contributed by atoms with van der Waals surface area (Å²) in [6.07, 6.45) is 0.187. The van der Waals surface area contributed by atoms with Gasteiger partial charge in [0.25, 0.3) is 0 Å². The van der Waals surface area contributed by atoms with E-state index in [0.29, 0.717) is 23.3 Å². The third-order valence-corrected chi connectivity index (χ3v) is 5.19. The number of carbonyl (C=O) groups is 1. The number of aromatic nitrogens is 1. The van der Waals surface area contributed by atoms with E-state index < -0.39 is 17.5 Å². The molecule has 1 amide bonds. The molecule has 8 heteroatoms. The zero-order chi connectivity index (χ0) is 21.4. The maximum Gasteiger partial charge on any atom is 0.227 e. The average molecular weight is 411 g/mol. The molecule has 0 N–H and O–H groups in total. The smallest absolute Gasteiger partial charge is 0.227 e. The minimum absolute atomic E-state index is 0.0571. The molecule has 30 heavy (non-hydrogen) atoms. The van der Waals surface area contributed by atoms with Crippen LogP contribution < -0.4 is 0 Å². The zero-order valence-electron chi connectivity index (χ0n) is 16.0. The van der Waals surface area contributed by atoms with Crippen LogP contribution in [0.1, 0.15) is 29.3 Å². The maximum atomic E-state index is 13.5. The monoisotopic (exact) mass is 411 g/mol. The molecule has 0 aliphatic carbocycles. The van der Waals surface area contributed by atoms with Gasteiger partial charge in [0.1, 0.15) is 0 Å². The van der Waals surface area contributed by atoms with Crippen molar-refractivity contribution >= 4 is 5.91 Å². The predicted octanol–water partition coefficient (Wildman–Crippen LogP) is 4.15. The van der Waals surface area contributed by atoms with Gasteiger partial charge >= 0.3 is 0 Å². The zero-order valence-corrected chi connectivity index (χ0v) is 16.0. The lowest BCUT2D eigenvalue weighted by atomic mass is 9.96. The Bertz CT molecular complexity index is 1160. The minimum atomic E-state index is -1.56. The van der Waals surface area contributed by atoms with Gasteiger partial charge < -0.3 is 9.42 Å². The molecule has 0 saturated heterocycles. The second kappa shape index (κ2) is 7.67. The van der Waals surface area contributed by atoms with Crippen molar-refractivity contribution in [3.8, 4) is 17.4 Å². The Morgan fingerprint density at radius 3 is 2.70 bits per heavy atom. The first-order valence-electron chi connectivity index (χ1n) is 9.28. The van der Waals surface area contributed by atoms with Crippen molar-refractivity contribution in [3.05, 3.63) is 76.2 Å². The molecule has 152 valence electrons. The van der Waals surface area contributed by atoms with Crippen LogP contribution in [0.5, 0.6) is 0 Å². The van der Waals surface area contributed by atoms with Crippen molar-refractivity contribution in [1.29, 1.82) is 5.26 Å². The summed E-state index contributed by atoms with van der Waals surface area (Å²) in [4.78, 5) is 14.4. The van der Waals surface area contributed by atoms with E-state index in [4.69, 9.17) is 9.78 Å².